The van der Waals surface area contributed by atoms with Crippen LogP contribution in [0.15, 0.2) is 23.4 Å². The Morgan fingerprint density at radius 3 is 2.38 bits per heavy atom. The molecule has 1 aromatic carbocycles. The first-order valence-corrected chi connectivity index (χ1v) is 4.71. The highest BCUT2D eigenvalue weighted by molar-refractivity contribution is 5.85. The Morgan fingerprint density at radius 2 is 1.88 bits per heavy atom. The summed E-state index contributed by atoms with van der Waals surface area (Å²) >= 11 is 0. The number of benzene rings is 1. The summed E-state index contributed by atoms with van der Waals surface area (Å²) in [6.07, 6.45) is 0.214. The van der Waals surface area contributed by atoms with Crippen LogP contribution in [0.5, 0.6) is 11.5 Å². The lowest BCUT2D eigenvalue weighted by Gasteiger charge is -2.05. The van der Waals surface area contributed by atoms with Crippen molar-refractivity contribution in [2.24, 2.45) is 5.16 Å². The third kappa shape index (κ3) is 3.27. The van der Waals surface area contributed by atoms with Crippen LogP contribution in [0.25, 0.3) is 0 Å². The first-order valence-electron chi connectivity index (χ1n) is 4.71. The quantitative estimate of drug-likeness (QED) is 0.463. The lowest BCUT2D eigenvalue weighted by Crippen LogP contribution is -2.01. The van der Waals surface area contributed by atoms with Crippen molar-refractivity contribution >= 4 is 11.7 Å². The molecule has 0 radical (unpaired) electrons. The molecule has 2 N–H and O–H groups in total. The van der Waals surface area contributed by atoms with E-state index in [1.165, 1.54) is 25.1 Å². The van der Waals surface area contributed by atoms with Crippen molar-refractivity contribution in [3.63, 3.8) is 0 Å². The van der Waals surface area contributed by atoms with Gasteiger partial charge < -0.3 is 15.1 Å². The van der Waals surface area contributed by atoms with Gasteiger partial charge in [0.1, 0.15) is 11.5 Å². The summed E-state index contributed by atoms with van der Waals surface area (Å²) < 4.78 is 0. The van der Waals surface area contributed by atoms with E-state index in [0.717, 1.165) is 0 Å². The van der Waals surface area contributed by atoms with Crippen LogP contribution < -0.4 is 0 Å². The van der Waals surface area contributed by atoms with Gasteiger partial charge in [-0.05, 0) is 19.1 Å². The van der Waals surface area contributed by atoms with E-state index in [-0.39, 0.29) is 17.9 Å². The molecule has 0 aromatic heterocycles. The molecule has 0 bridgehead atoms. The number of hydrogen-bond donors (Lipinski definition) is 2. The average Bonchev–Trinajstić information content (AvgIpc) is 2.21. The van der Waals surface area contributed by atoms with E-state index in [2.05, 4.69) is 9.99 Å². The zero-order chi connectivity index (χ0) is 12.1. The molecule has 0 aliphatic rings. The lowest BCUT2D eigenvalue weighted by molar-refractivity contribution is -0.140. The van der Waals surface area contributed by atoms with Crippen molar-refractivity contribution in [3.8, 4) is 11.5 Å². The summed E-state index contributed by atoms with van der Waals surface area (Å²) in [6.45, 7) is 2.88. The topological polar surface area (TPSA) is 79.1 Å². The highest BCUT2D eigenvalue weighted by atomic mass is 16.7. The fraction of sp³-hybridized carbons (Fsp3) is 0.273. The van der Waals surface area contributed by atoms with Crippen molar-refractivity contribution in [2.45, 2.75) is 20.3 Å². The number of carbonyl (C=O) groups is 1. The zero-order valence-electron chi connectivity index (χ0n) is 9.10. The van der Waals surface area contributed by atoms with E-state index in [1.807, 2.05) is 0 Å². The predicted octanol–water partition coefficient (Wildman–Crippen LogP) is 1.58. The second-order valence-electron chi connectivity index (χ2n) is 3.36. The minimum atomic E-state index is -0.513. The summed E-state index contributed by atoms with van der Waals surface area (Å²) in [7, 11) is 0. The monoisotopic (exact) mass is 223 g/mol. The zero-order valence-corrected chi connectivity index (χ0v) is 9.10. The largest absolute Gasteiger partial charge is 0.508 e. The van der Waals surface area contributed by atoms with Gasteiger partial charge in [-0.3, -0.25) is 0 Å². The maximum Gasteiger partial charge on any atom is 0.331 e. The smallest absolute Gasteiger partial charge is 0.331 e. The predicted molar refractivity (Wildman–Crippen MR) is 58.4 cm³/mol. The van der Waals surface area contributed by atoms with Crippen LogP contribution in [-0.2, 0) is 16.1 Å². The first-order chi connectivity index (χ1) is 7.50. The molecule has 0 heterocycles. The second kappa shape index (κ2) is 5.16. The molecule has 1 rings (SSSR count). The number of carbonyl (C=O) groups excluding carboxylic acids is 1. The Hall–Kier alpha value is -2.04. The summed E-state index contributed by atoms with van der Waals surface area (Å²) in [6, 6.07) is 4.47. The van der Waals surface area contributed by atoms with Crippen molar-refractivity contribution in [1.82, 2.24) is 0 Å². The first kappa shape index (κ1) is 12.0. The second-order valence-corrected chi connectivity index (χ2v) is 3.36. The SMILES string of the molecule is CC(=O)ON=C(C)Cc1c(O)cccc1O. The van der Waals surface area contributed by atoms with Crippen LogP contribution in [0.3, 0.4) is 0 Å². The minimum absolute atomic E-state index is 0.0163. The highest BCUT2D eigenvalue weighted by Gasteiger charge is 2.08. The molecular weight excluding hydrogens is 210 g/mol. The molecule has 0 amide bonds. The molecule has 0 spiro atoms. The molecule has 5 heteroatoms. The minimum Gasteiger partial charge on any atom is -0.508 e. The van der Waals surface area contributed by atoms with Gasteiger partial charge in [-0.2, -0.15) is 0 Å². The van der Waals surface area contributed by atoms with Gasteiger partial charge in [-0.15, -0.1) is 0 Å². The lowest BCUT2D eigenvalue weighted by atomic mass is 10.1. The third-order valence-corrected chi connectivity index (χ3v) is 1.89. The number of phenols is 2. The number of rotatable bonds is 3. The van der Waals surface area contributed by atoms with E-state index >= 15 is 0 Å². The molecule has 0 aliphatic heterocycles. The molecular formula is C11H13NO4. The van der Waals surface area contributed by atoms with Crippen LogP contribution >= 0.6 is 0 Å². The van der Waals surface area contributed by atoms with E-state index in [1.54, 1.807) is 6.92 Å². The number of oxime groups is 1. The molecule has 0 fully saturated rings. The van der Waals surface area contributed by atoms with Crippen LogP contribution in [0.2, 0.25) is 0 Å². The van der Waals surface area contributed by atoms with Crippen LogP contribution in [-0.4, -0.2) is 21.9 Å². The van der Waals surface area contributed by atoms with Crippen molar-refractivity contribution in [3.05, 3.63) is 23.8 Å². The van der Waals surface area contributed by atoms with Gasteiger partial charge in [-0.25, -0.2) is 4.79 Å². The number of phenolic OH excluding ortho intramolecular Hbond substituents is 2. The van der Waals surface area contributed by atoms with Crippen LogP contribution in [0, 0.1) is 0 Å². The van der Waals surface area contributed by atoms with Crippen molar-refractivity contribution in [1.29, 1.82) is 0 Å². The molecule has 1 aromatic rings. The fourth-order valence-electron chi connectivity index (χ4n) is 1.17. The van der Waals surface area contributed by atoms with Gasteiger partial charge in [-0.1, -0.05) is 11.2 Å². The Morgan fingerprint density at radius 1 is 1.31 bits per heavy atom. The Bertz CT molecular complexity index is 406. The van der Waals surface area contributed by atoms with Gasteiger partial charge in [0.15, 0.2) is 0 Å². The molecule has 0 atom stereocenters. The van der Waals surface area contributed by atoms with Gasteiger partial charge in [0.05, 0.1) is 5.71 Å². The number of nitrogens with zero attached hydrogens (tertiary/aromatic N) is 1. The average molecular weight is 223 g/mol. The highest BCUT2D eigenvalue weighted by Crippen LogP contribution is 2.26. The molecule has 0 aliphatic carbocycles. The van der Waals surface area contributed by atoms with Gasteiger partial charge in [0.25, 0.3) is 0 Å². The summed E-state index contributed by atoms with van der Waals surface area (Å²) in [5, 5.41) is 22.5. The molecule has 5 nitrogen and oxygen atoms in total. The molecule has 86 valence electrons. The van der Waals surface area contributed by atoms with Crippen LogP contribution in [0.4, 0.5) is 0 Å². The summed E-state index contributed by atoms with van der Waals surface area (Å²) in [5.41, 5.74) is 0.836. The van der Waals surface area contributed by atoms with Crippen molar-refractivity contribution in [2.75, 3.05) is 0 Å². The van der Waals surface area contributed by atoms with E-state index in [4.69, 9.17) is 0 Å². The Labute approximate surface area is 93.0 Å². The standard InChI is InChI=1S/C11H13NO4/c1-7(12-16-8(2)13)6-9-10(14)4-3-5-11(9)15/h3-5,14-15H,6H2,1-2H3. The molecule has 0 unspecified atom stereocenters. The Kier molecular flexibility index (Phi) is 3.88. The van der Waals surface area contributed by atoms with E-state index in [0.29, 0.717) is 11.3 Å². The number of aromatic hydroxyl groups is 2. The molecule has 0 saturated carbocycles. The normalized spacial score (nSPS) is 11.2. The Balaban J connectivity index is 2.80. The summed E-state index contributed by atoms with van der Waals surface area (Å²) in [5.74, 6) is -0.546. The van der Waals surface area contributed by atoms with Gasteiger partial charge in [0, 0.05) is 18.9 Å². The fourth-order valence-corrected chi connectivity index (χ4v) is 1.17. The van der Waals surface area contributed by atoms with Crippen LogP contribution in [0.1, 0.15) is 19.4 Å². The molecule has 16 heavy (non-hydrogen) atoms. The van der Waals surface area contributed by atoms with Gasteiger partial charge >= 0.3 is 5.97 Å². The van der Waals surface area contributed by atoms with E-state index in [9.17, 15) is 15.0 Å². The molecule has 0 saturated heterocycles. The maximum absolute atomic E-state index is 10.5. The maximum atomic E-state index is 10.5. The van der Waals surface area contributed by atoms with E-state index < -0.39 is 5.97 Å². The summed E-state index contributed by atoms with van der Waals surface area (Å²) in [4.78, 5) is 14.9. The van der Waals surface area contributed by atoms with Crippen molar-refractivity contribution < 1.29 is 19.8 Å². The van der Waals surface area contributed by atoms with Gasteiger partial charge in [0.2, 0.25) is 0 Å². The third-order valence-electron chi connectivity index (χ3n) is 1.89. The number of hydrogen-bond acceptors (Lipinski definition) is 5.